The van der Waals surface area contributed by atoms with Crippen molar-refractivity contribution in [3.05, 3.63) is 54.6 Å². The number of hydrogen-bond acceptors (Lipinski definition) is 6. The van der Waals surface area contributed by atoms with Crippen LogP contribution < -0.4 is 5.32 Å². The van der Waals surface area contributed by atoms with Gasteiger partial charge in [0.25, 0.3) is 5.91 Å². The molecule has 136 valence electrons. The predicted molar refractivity (Wildman–Crippen MR) is 93.6 cm³/mol. The summed E-state index contributed by atoms with van der Waals surface area (Å²) in [5, 5.41) is 20.6. The zero-order valence-electron chi connectivity index (χ0n) is 13.9. The van der Waals surface area contributed by atoms with Crippen molar-refractivity contribution in [2.24, 2.45) is 0 Å². The van der Waals surface area contributed by atoms with Gasteiger partial charge in [0.1, 0.15) is 12.4 Å². The number of aromatic hydroxyl groups is 1. The highest BCUT2D eigenvalue weighted by molar-refractivity contribution is 7.91. The minimum atomic E-state index is -3.45. The lowest BCUT2D eigenvalue weighted by Crippen LogP contribution is -2.15. The molecule has 3 rings (SSSR count). The quantitative estimate of drug-likeness (QED) is 0.628. The molecular weight excluding hydrogens is 358 g/mol. The summed E-state index contributed by atoms with van der Waals surface area (Å²) in [7, 11) is -3.45. The zero-order chi connectivity index (χ0) is 18.7. The molecule has 0 aliphatic rings. The highest BCUT2D eigenvalue weighted by Gasteiger charge is 2.17. The average Bonchev–Trinajstić information content (AvgIpc) is 3.29. The number of nitrogens with zero attached hydrogens (tertiary/aromatic N) is 4. The molecule has 1 amide bonds. The number of sulfone groups is 1. The molecule has 0 aliphatic carbocycles. The Morgan fingerprint density at radius 1 is 1.23 bits per heavy atom. The number of carbonyl (C=O) groups excluding carboxylic acids is 1. The second kappa shape index (κ2) is 7.00. The Labute approximate surface area is 149 Å². The zero-order valence-corrected chi connectivity index (χ0v) is 14.7. The van der Waals surface area contributed by atoms with Crippen LogP contribution in [-0.2, 0) is 16.5 Å². The van der Waals surface area contributed by atoms with E-state index in [4.69, 9.17) is 0 Å². The van der Waals surface area contributed by atoms with Gasteiger partial charge in [0.2, 0.25) is 0 Å². The van der Waals surface area contributed by atoms with Gasteiger partial charge in [0.05, 0.1) is 16.3 Å². The second-order valence-electron chi connectivity index (χ2n) is 5.46. The van der Waals surface area contributed by atoms with Crippen molar-refractivity contribution in [1.82, 2.24) is 19.6 Å². The van der Waals surface area contributed by atoms with E-state index < -0.39 is 15.7 Å². The molecule has 26 heavy (non-hydrogen) atoms. The van der Waals surface area contributed by atoms with Gasteiger partial charge in [0.15, 0.2) is 15.5 Å². The number of hydrogen-bond donors (Lipinski definition) is 2. The van der Waals surface area contributed by atoms with Gasteiger partial charge in [-0.15, -0.1) is 0 Å². The van der Waals surface area contributed by atoms with Crippen LogP contribution in [0.3, 0.4) is 0 Å². The van der Waals surface area contributed by atoms with Crippen LogP contribution in [-0.4, -0.2) is 44.7 Å². The molecule has 2 heterocycles. The highest BCUT2D eigenvalue weighted by atomic mass is 32.2. The number of aromatic nitrogens is 4. The monoisotopic (exact) mass is 375 g/mol. The Morgan fingerprint density at radius 3 is 2.73 bits per heavy atom. The predicted octanol–water partition coefficient (Wildman–Crippen LogP) is 1.34. The summed E-state index contributed by atoms with van der Waals surface area (Å²) in [6.07, 6.45) is 5.02. The third-order valence-corrected chi connectivity index (χ3v) is 5.41. The summed E-state index contributed by atoms with van der Waals surface area (Å²) in [6, 6.07) is 7.05. The van der Waals surface area contributed by atoms with Gasteiger partial charge in [-0.05, 0) is 30.3 Å². The number of rotatable bonds is 6. The molecule has 10 heteroatoms. The Kier molecular flexibility index (Phi) is 4.76. The molecule has 2 N–H and O–H groups in total. The van der Waals surface area contributed by atoms with Crippen molar-refractivity contribution >= 4 is 21.4 Å². The summed E-state index contributed by atoms with van der Waals surface area (Å²) in [4.78, 5) is 12.4. The fourth-order valence-corrected chi connectivity index (χ4v) is 3.16. The first-order valence-electron chi connectivity index (χ1n) is 7.77. The lowest BCUT2D eigenvalue weighted by molar-refractivity contribution is 0.102. The maximum absolute atomic E-state index is 12.3. The number of anilines is 1. The summed E-state index contributed by atoms with van der Waals surface area (Å²) in [5.41, 5.74) is 0.131. The normalized spacial score (nSPS) is 11.4. The van der Waals surface area contributed by atoms with Crippen molar-refractivity contribution in [3.8, 4) is 5.75 Å². The lowest BCUT2D eigenvalue weighted by Gasteiger charge is -2.09. The first-order valence-corrected chi connectivity index (χ1v) is 9.42. The molecule has 2 aromatic heterocycles. The van der Waals surface area contributed by atoms with Gasteiger partial charge in [-0.1, -0.05) is 6.92 Å². The average molecular weight is 375 g/mol. The molecule has 0 radical (unpaired) electrons. The van der Waals surface area contributed by atoms with Crippen LogP contribution in [0.5, 0.6) is 5.75 Å². The molecule has 0 saturated carbocycles. The molecule has 0 aliphatic heterocycles. The number of nitrogens with one attached hydrogen (secondary N) is 1. The smallest absolute Gasteiger partial charge is 0.276 e. The molecular formula is C16H17N5O4S. The van der Waals surface area contributed by atoms with Gasteiger partial charge in [0, 0.05) is 18.6 Å². The van der Waals surface area contributed by atoms with Crippen molar-refractivity contribution in [2.75, 3.05) is 11.1 Å². The maximum atomic E-state index is 12.3. The third-order valence-electron chi connectivity index (χ3n) is 3.68. The van der Waals surface area contributed by atoms with Gasteiger partial charge in [-0.2, -0.15) is 10.2 Å². The van der Waals surface area contributed by atoms with Crippen LogP contribution >= 0.6 is 0 Å². The number of phenolic OH excluding ortho intramolecular Hbond substituents is 1. The Morgan fingerprint density at radius 2 is 2.04 bits per heavy atom. The van der Waals surface area contributed by atoms with E-state index >= 15 is 0 Å². The molecule has 0 saturated heterocycles. The summed E-state index contributed by atoms with van der Waals surface area (Å²) < 4.78 is 27.1. The Balaban J connectivity index is 1.78. The van der Waals surface area contributed by atoms with Gasteiger partial charge < -0.3 is 10.4 Å². The topological polar surface area (TPSA) is 119 Å². The molecule has 0 fully saturated rings. The van der Waals surface area contributed by atoms with Gasteiger partial charge >= 0.3 is 0 Å². The van der Waals surface area contributed by atoms with Crippen LogP contribution in [0.4, 0.5) is 5.69 Å². The first-order chi connectivity index (χ1) is 12.4. The van der Waals surface area contributed by atoms with Crippen LogP contribution in [0, 0.1) is 0 Å². The van der Waals surface area contributed by atoms with E-state index in [-0.39, 0.29) is 27.8 Å². The summed E-state index contributed by atoms with van der Waals surface area (Å²) in [5.74, 6) is -0.877. The molecule has 1 aromatic carbocycles. The molecule has 0 bridgehead atoms. The number of amides is 1. The van der Waals surface area contributed by atoms with Crippen molar-refractivity contribution < 1.29 is 18.3 Å². The molecule has 0 atom stereocenters. The van der Waals surface area contributed by atoms with E-state index in [1.165, 1.54) is 35.9 Å². The van der Waals surface area contributed by atoms with Crippen molar-refractivity contribution in [3.63, 3.8) is 0 Å². The van der Waals surface area contributed by atoms with E-state index in [0.717, 1.165) is 0 Å². The summed E-state index contributed by atoms with van der Waals surface area (Å²) >= 11 is 0. The van der Waals surface area contributed by atoms with Crippen LogP contribution in [0.1, 0.15) is 17.4 Å². The maximum Gasteiger partial charge on any atom is 0.276 e. The second-order valence-corrected chi connectivity index (χ2v) is 7.74. The van der Waals surface area contributed by atoms with Crippen molar-refractivity contribution in [2.45, 2.75) is 18.5 Å². The Bertz CT molecular complexity index is 1020. The number of phenols is 1. The third kappa shape index (κ3) is 3.75. The van der Waals surface area contributed by atoms with Crippen LogP contribution in [0.2, 0.25) is 0 Å². The van der Waals surface area contributed by atoms with Gasteiger partial charge in [-0.3, -0.25) is 14.2 Å². The number of benzene rings is 1. The van der Waals surface area contributed by atoms with Crippen molar-refractivity contribution in [1.29, 1.82) is 0 Å². The van der Waals surface area contributed by atoms with E-state index in [2.05, 4.69) is 15.5 Å². The highest BCUT2D eigenvalue weighted by Crippen LogP contribution is 2.27. The largest absolute Gasteiger partial charge is 0.506 e. The Hall–Kier alpha value is -3.14. The molecule has 3 aromatic rings. The summed E-state index contributed by atoms with van der Waals surface area (Å²) in [6.45, 7) is 1.86. The minimum Gasteiger partial charge on any atom is -0.506 e. The fourth-order valence-electron chi connectivity index (χ4n) is 2.26. The van der Waals surface area contributed by atoms with Crippen LogP contribution in [0.15, 0.2) is 53.8 Å². The van der Waals surface area contributed by atoms with E-state index in [0.29, 0.717) is 6.67 Å². The lowest BCUT2D eigenvalue weighted by atomic mass is 10.3. The standard InChI is InChI=1S/C16H17N5O4S/c1-2-26(24,25)12-4-5-15(22)14(10-12)18-16(23)13-6-9-21(19-13)11-20-8-3-7-17-20/h3-10,22H,2,11H2,1H3,(H,18,23). The van der Waals surface area contributed by atoms with E-state index in [1.54, 1.807) is 29.3 Å². The minimum absolute atomic E-state index is 0.00570. The fraction of sp³-hybridized carbons (Fsp3) is 0.188. The molecule has 0 unspecified atom stereocenters. The molecule has 0 spiro atoms. The van der Waals surface area contributed by atoms with Gasteiger partial charge in [-0.25, -0.2) is 8.42 Å². The first kappa shape index (κ1) is 17.7. The van der Waals surface area contributed by atoms with Crippen LogP contribution in [0.25, 0.3) is 0 Å². The number of carbonyl (C=O) groups is 1. The SMILES string of the molecule is CCS(=O)(=O)c1ccc(O)c(NC(=O)c2ccn(Cn3cccn3)n2)c1. The van der Waals surface area contributed by atoms with E-state index in [9.17, 15) is 18.3 Å². The van der Waals surface area contributed by atoms with E-state index in [1.807, 2.05) is 0 Å². The molecule has 9 nitrogen and oxygen atoms in total.